The van der Waals surface area contributed by atoms with Crippen molar-refractivity contribution in [2.75, 3.05) is 6.54 Å². The monoisotopic (exact) mass is 499 g/mol. The number of carbonyl (C=O) groups is 1. The summed E-state index contributed by atoms with van der Waals surface area (Å²) in [5.41, 5.74) is 0.0916. The number of hydrogen-bond acceptors (Lipinski definition) is 3. The van der Waals surface area contributed by atoms with E-state index in [1.54, 1.807) is 4.68 Å². The van der Waals surface area contributed by atoms with Crippen LogP contribution in [0.15, 0.2) is 15.1 Å². The van der Waals surface area contributed by atoms with Gasteiger partial charge in [-0.1, -0.05) is 0 Å². The van der Waals surface area contributed by atoms with E-state index in [-0.39, 0.29) is 10.2 Å². The number of aromatic nitrogens is 4. The Labute approximate surface area is 165 Å². The zero-order valence-electron chi connectivity index (χ0n) is 14.4. The Morgan fingerprint density at radius 1 is 1.31 bits per heavy atom. The van der Waals surface area contributed by atoms with Gasteiger partial charge in [0, 0.05) is 19.3 Å². The number of nitrogens with one attached hydrogen (secondary N) is 1. The van der Waals surface area contributed by atoms with Gasteiger partial charge in [-0.15, -0.1) is 0 Å². The Morgan fingerprint density at radius 2 is 1.96 bits per heavy atom. The van der Waals surface area contributed by atoms with E-state index in [0.29, 0.717) is 19.5 Å². The highest BCUT2D eigenvalue weighted by Crippen LogP contribution is 2.36. The first kappa shape index (κ1) is 20.9. The van der Waals surface area contributed by atoms with Gasteiger partial charge < -0.3 is 5.32 Å². The minimum atomic E-state index is -4.58. The molecule has 6 nitrogen and oxygen atoms in total. The normalized spacial score (nSPS) is 13.1. The fourth-order valence-electron chi connectivity index (χ4n) is 2.38. The summed E-state index contributed by atoms with van der Waals surface area (Å²) in [5, 5.41) is 10.6. The summed E-state index contributed by atoms with van der Waals surface area (Å²) in [6.07, 6.45) is -2.09. The molecule has 0 aliphatic carbocycles. The van der Waals surface area contributed by atoms with E-state index in [2.05, 4.69) is 47.4 Å². The van der Waals surface area contributed by atoms with Gasteiger partial charge in [0.15, 0.2) is 5.69 Å². The maximum atomic E-state index is 12.9. The molecule has 0 radical (unpaired) electrons. The lowest BCUT2D eigenvalue weighted by Crippen LogP contribution is -2.33. The first-order chi connectivity index (χ1) is 12.0. The maximum Gasteiger partial charge on any atom is 0.436 e. The van der Waals surface area contributed by atoms with Gasteiger partial charge in [0.1, 0.15) is 6.04 Å². The molecule has 0 saturated heterocycles. The highest BCUT2D eigenvalue weighted by Gasteiger charge is 2.38. The first-order valence-corrected chi connectivity index (χ1v) is 9.40. The van der Waals surface area contributed by atoms with Crippen molar-refractivity contribution >= 4 is 37.8 Å². The molecule has 1 unspecified atom stereocenters. The molecule has 1 amide bonds. The van der Waals surface area contributed by atoms with Crippen LogP contribution < -0.4 is 5.32 Å². The average Bonchev–Trinajstić information content (AvgIpc) is 3.03. The Balaban J connectivity index is 1.93. The van der Waals surface area contributed by atoms with Gasteiger partial charge >= 0.3 is 6.18 Å². The Morgan fingerprint density at radius 3 is 2.46 bits per heavy atom. The van der Waals surface area contributed by atoms with E-state index < -0.39 is 23.8 Å². The standard InChI is InChI=1S/C15H18Br2F3N5O/c1-8-11(16)7-24(22-8)6-4-5-21-14(26)10(3)25-9(2)12(17)13(23-25)15(18,19)20/h7,10H,4-6H2,1-3H3,(H,21,26). The summed E-state index contributed by atoms with van der Waals surface area (Å²) in [5.74, 6) is -0.394. The van der Waals surface area contributed by atoms with Crippen LogP contribution in [0.25, 0.3) is 0 Å². The molecule has 0 saturated carbocycles. The molecule has 2 heterocycles. The molecule has 1 atom stereocenters. The zero-order chi connectivity index (χ0) is 19.6. The molecule has 144 valence electrons. The van der Waals surface area contributed by atoms with Crippen molar-refractivity contribution in [2.45, 2.75) is 46.0 Å². The highest BCUT2D eigenvalue weighted by atomic mass is 79.9. The van der Waals surface area contributed by atoms with E-state index in [1.807, 2.05) is 13.1 Å². The first-order valence-electron chi connectivity index (χ1n) is 7.81. The number of hydrogen-bond donors (Lipinski definition) is 1. The van der Waals surface area contributed by atoms with Crippen LogP contribution in [0.5, 0.6) is 0 Å². The largest absolute Gasteiger partial charge is 0.436 e. The van der Waals surface area contributed by atoms with Crippen molar-refractivity contribution in [1.82, 2.24) is 24.9 Å². The molecule has 0 bridgehead atoms. The molecule has 26 heavy (non-hydrogen) atoms. The van der Waals surface area contributed by atoms with Gasteiger partial charge in [-0.25, -0.2) is 0 Å². The van der Waals surface area contributed by atoms with Crippen LogP contribution in [0.3, 0.4) is 0 Å². The lowest BCUT2D eigenvalue weighted by atomic mass is 10.3. The van der Waals surface area contributed by atoms with Crippen molar-refractivity contribution in [3.63, 3.8) is 0 Å². The van der Waals surface area contributed by atoms with Gasteiger partial charge in [0.05, 0.1) is 20.3 Å². The Hall–Kier alpha value is -1.36. The van der Waals surface area contributed by atoms with Crippen molar-refractivity contribution in [2.24, 2.45) is 0 Å². The van der Waals surface area contributed by atoms with Gasteiger partial charge in [-0.3, -0.25) is 14.2 Å². The molecule has 0 aliphatic heterocycles. The SMILES string of the molecule is Cc1nn(CCCNC(=O)C(C)n2nc(C(F)(F)F)c(Br)c2C)cc1Br. The van der Waals surface area contributed by atoms with Crippen LogP contribution in [0.2, 0.25) is 0 Å². The third-order valence-electron chi connectivity index (χ3n) is 3.84. The molecule has 0 fully saturated rings. The van der Waals surface area contributed by atoms with Crippen LogP contribution in [0, 0.1) is 13.8 Å². The molecular weight excluding hydrogens is 483 g/mol. The second-order valence-corrected chi connectivity index (χ2v) is 7.48. The third kappa shape index (κ3) is 4.67. The predicted octanol–water partition coefficient (Wildman–Crippen LogP) is 4.01. The van der Waals surface area contributed by atoms with E-state index in [4.69, 9.17) is 0 Å². The summed E-state index contributed by atoms with van der Waals surface area (Å²) in [4.78, 5) is 12.2. The summed E-state index contributed by atoms with van der Waals surface area (Å²) < 4.78 is 42.4. The molecular formula is C15H18Br2F3N5O. The second kappa shape index (κ2) is 8.12. The number of amides is 1. The molecule has 1 N–H and O–H groups in total. The summed E-state index contributed by atoms with van der Waals surface area (Å²) >= 11 is 6.28. The van der Waals surface area contributed by atoms with Gasteiger partial charge in [-0.05, 0) is 59.1 Å². The molecule has 2 aromatic heterocycles. The van der Waals surface area contributed by atoms with E-state index in [0.717, 1.165) is 14.8 Å². The summed E-state index contributed by atoms with van der Waals surface area (Å²) in [6, 6.07) is -0.858. The van der Waals surface area contributed by atoms with Gasteiger partial charge in [-0.2, -0.15) is 23.4 Å². The number of carbonyl (C=O) groups excluding carboxylic acids is 1. The number of halogens is 5. The Kier molecular flexibility index (Phi) is 6.54. The van der Waals surface area contributed by atoms with E-state index in [9.17, 15) is 18.0 Å². The number of aryl methyl sites for hydroxylation is 2. The number of rotatable bonds is 6. The molecule has 2 rings (SSSR count). The summed E-state index contributed by atoms with van der Waals surface area (Å²) in [7, 11) is 0. The Bertz CT molecular complexity index is 781. The smallest absolute Gasteiger partial charge is 0.354 e. The fourth-order valence-corrected chi connectivity index (χ4v) is 3.18. The minimum Gasteiger partial charge on any atom is -0.354 e. The molecule has 0 aromatic carbocycles. The predicted molar refractivity (Wildman–Crippen MR) is 96.7 cm³/mol. The van der Waals surface area contributed by atoms with E-state index in [1.165, 1.54) is 13.8 Å². The summed E-state index contributed by atoms with van der Waals surface area (Å²) in [6.45, 7) is 5.87. The highest BCUT2D eigenvalue weighted by molar-refractivity contribution is 9.10. The average molecular weight is 501 g/mol. The van der Waals surface area contributed by atoms with Crippen molar-refractivity contribution in [3.8, 4) is 0 Å². The fraction of sp³-hybridized carbons (Fsp3) is 0.533. The lowest BCUT2D eigenvalue weighted by Gasteiger charge is -2.14. The van der Waals surface area contributed by atoms with Crippen LogP contribution in [0.4, 0.5) is 13.2 Å². The molecule has 0 spiro atoms. The molecule has 2 aromatic rings. The second-order valence-electron chi connectivity index (χ2n) is 5.84. The topological polar surface area (TPSA) is 64.7 Å². The maximum absolute atomic E-state index is 12.9. The minimum absolute atomic E-state index is 0.149. The van der Waals surface area contributed by atoms with Gasteiger partial charge in [0.2, 0.25) is 5.91 Å². The van der Waals surface area contributed by atoms with Crippen molar-refractivity contribution in [3.05, 3.63) is 32.2 Å². The van der Waals surface area contributed by atoms with Crippen LogP contribution in [-0.4, -0.2) is 32.0 Å². The van der Waals surface area contributed by atoms with E-state index >= 15 is 0 Å². The molecule has 0 aliphatic rings. The molecule has 11 heteroatoms. The van der Waals surface area contributed by atoms with Crippen LogP contribution in [0.1, 0.15) is 36.5 Å². The van der Waals surface area contributed by atoms with Crippen LogP contribution >= 0.6 is 31.9 Å². The lowest BCUT2D eigenvalue weighted by molar-refractivity contribution is -0.142. The zero-order valence-corrected chi connectivity index (χ0v) is 17.5. The third-order valence-corrected chi connectivity index (χ3v) is 5.57. The quantitative estimate of drug-likeness (QED) is 0.609. The van der Waals surface area contributed by atoms with Crippen LogP contribution in [-0.2, 0) is 17.5 Å². The van der Waals surface area contributed by atoms with Crippen molar-refractivity contribution < 1.29 is 18.0 Å². The van der Waals surface area contributed by atoms with Crippen molar-refractivity contribution in [1.29, 1.82) is 0 Å². The number of nitrogens with zero attached hydrogens (tertiary/aromatic N) is 4. The van der Waals surface area contributed by atoms with Gasteiger partial charge in [0.25, 0.3) is 0 Å². The number of alkyl halides is 3.